The molecule has 0 radical (unpaired) electrons. The third-order valence-electron chi connectivity index (χ3n) is 3.34. The van der Waals surface area contributed by atoms with Crippen molar-refractivity contribution in [2.75, 3.05) is 4.90 Å². The molecule has 2 rings (SSSR count). The van der Waals surface area contributed by atoms with Crippen LogP contribution >= 0.6 is 0 Å². The Morgan fingerprint density at radius 2 is 1.67 bits per heavy atom. The monoisotopic (exact) mass is 425 g/mol. The third kappa shape index (κ3) is 6.36. The number of nitrogens with zero attached hydrogens (tertiary/aromatic N) is 5. The largest absolute Gasteiger partial charge is 0.443 e. The second-order valence-corrected chi connectivity index (χ2v) is 8.30. The van der Waals surface area contributed by atoms with Gasteiger partial charge in [-0.15, -0.1) is 0 Å². The van der Waals surface area contributed by atoms with Crippen molar-refractivity contribution in [3.05, 3.63) is 30.6 Å². The molecule has 0 fully saturated rings. The number of aliphatic hydroxyl groups excluding tert-OH is 1. The summed E-state index contributed by atoms with van der Waals surface area (Å²) in [6.07, 6.45) is -0.956. The number of rotatable bonds is 5. The molecular formula is C19H25F2N5O4. The normalized spacial score (nSPS) is 13.3. The van der Waals surface area contributed by atoms with Crippen LogP contribution in [0.1, 0.15) is 53.7 Å². The van der Waals surface area contributed by atoms with Crippen LogP contribution in [0.4, 0.5) is 19.4 Å². The van der Waals surface area contributed by atoms with E-state index in [1.165, 1.54) is 24.9 Å². The topological polar surface area (TPSA) is 111 Å². The van der Waals surface area contributed by atoms with E-state index in [4.69, 9.17) is 9.47 Å². The highest BCUT2D eigenvalue weighted by molar-refractivity contribution is 5.87. The van der Waals surface area contributed by atoms with E-state index in [1.807, 2.05) is 0 Å². The molecule has 1 amide bonds. The quantitative estimate of drug-likeness (QED) is 0.722. The maximum absolute atomic E-state index is 13.9. The fraction of sp³-hybridized carbons (Fsp3) is 0.526. The van der Waals surface area contributed by atoms with E-state index < -0.39 is 41.6 Å². The fourth-order valence-electron chi connectivity index (χ4n) is 2.26. The molecule has 0 aliphatic rings. The zero-order valence-corrected chi connectivity index (χ0v) is 17.6. The Labute approximate surface area is 173 Å². The number of carbonyl (C=O) groups excluding carboxylic acids is 1. The van der Waals surface area contributed by atoms with Gasteiger partial charge in [0.1, 0.15) is 11.9 Å². The predicted molar refractivity (Wildman–Crippen MR) is 104 cm³/mol. The SMILES string of the molecule is CC(C)(C)OC(=O)N(c1ncc(-c2cncnc2)nc1C(F)F)C(O)OC(C)(C)C. The van der Waals surface area contributed by atoms with Crippen molar-refractivity contribution in [2.24, 2.45) is 0 Å². The van der Waals surface area contributed by atoms with Gasteiger partial charge in [0.2, 0.25) is 6.41 Å². The van der Waals surface area contributed by atoms with Gasteiger partial charge >= 0.3 is 6.09 Å². The molecule has 1 unspecified atom stereocenters. The molecule has 0 saturated carbocycles. The Morgan fingerprint density at radius 1 is 1.07 bits per heavy atom. The first-order chi connectivity index (χ1) is 13.8. The molecule has 0 aromatic carbocycles. The van der Waals surface area contributed by atoms with E-state index >= 15 is 0 Å². The predicted octanol–water partition coefficient (Wildman–Crippen LogP) is 3.70. The molecule has 2 aromatic rings. The lowest BCUT2D eigenvalue weighted by molar-refractivity contribution is -0.163. The summed E-state index contributed by atoms with van der Waals surface area (Å²) < 4.78 is 38.3. The third-order valence-corrected chi connectivity index (χ3v) is 3.34. The second kappa shape index (κ2) is 8.92. The Morgan fingerprint density at radius 3 is 2.17 bits per heavy atom. The van der Waals surface area contributed by atoms with Gasteiger partial charge in [-0.25, -0.2) is 38.4 Å². The van der Waals surface area contributed by atoms with Gasteiger partial charge in [0.05, 0.1) is 17.5 Å². The Balaban J connectivity index is 2.56. The lowest BCUT2D eigenvalue weighted by Crippen LogP contribution is -2.48. The summed E-state index contributed by atoms with van der Waals surface area (Å²) in [6.45, 7) is 9.67. The highest BCUT2D eigenvalue weighted by atomic mass is 19.3. The number of anilines is 1. The Kier molecular flexibility index (Phi) is 6.99. The summed E-state index contributed by atoms with van der Waals surface area (Å²) in [6, 6.07) is 0. The number of carbonyl (C=O) groups is 1. The van der Waals surface area contributed by atoms with Gasteiger partial charge in [-0.05, 0) is 41.5 Å². The van der Waals surface area contributed by atoms with Gasteiger partial charge in [0.25, 0.3) is 6.43 Å². The number of aliphatic hydroxyl groups is 1. The number of halogens is 2. The molecule has 0 spiro atoms. The number of ether oxygens (including phenoxy) is 2. The minimum atomic E-state index is -3.11. The average molecular weight is 425 g/mol. The first kappa shape index (κ1) is 23.5. The van der Waals surface area contributed by atoms with Crippen molar-refractivity contribution in [3.63, 3.8) is 0 Å². The molecule has 9 nitrogen and oxygen atoms in total. The first-order valence-electron chi connectivity index (χ1n) is 9.07. The van der Waals surface area contributed by atoms with Crippen LogP contribution in [-0.2, 0) is 9.47 Å². The van der Waals surface area contributed by atoms with Crippen molar-refractivity contribution in [1.82, 2.24) is 19.9 Å². The zero-order valence-electron chi connectivity index (χ0n) is 17.6. The minimum Gasteiger partial charge on any atom is -0.443 e. The van der Waals surface area contributed by atoms with Crippen LogP contribution in [0.25, 0.3) is 11.3 Å². The maximum atomic E-state index is 13.9. The number of hydrogen-bond donors (Lipinski definition) is 1. The van der Waals surface area contributed by atoms with E-state index in [9.17, 15) is 18.7 Å². The summed E-state index contributed by atoms with van der Waals surface area (Å²) in [5.74, 6) is -0.586. The van der Waals surface area contributed by atoms with Crippen LogP contribution in [0.15, 0.2) is 24.9 Å². The smallest absolute Gasteiger partial charge is 0.420 e. The maximum Gasteiger partial charge on any atom is 0.420 e. The van der Waals surface area contributed by atoms with Crippen molar-refractivity contribution < 1.29 is 28.2 Å². The first-order valence-corrected chi connectivity index (χ1v) is 9.07. The van der Waals surface area contributed by atoms with Crippen molar-refractivity contribution in [1.29, 1.82) is 0 Å². The van der Waals surface area contributed by atoms with Crippen LogP contribution < -0.4 is 4.90 Å². The zero-order chi connectivity index (χ0) is 22.7. The number of amides is 1. The van der Waals surface area contributed by atoms with Crippen LogP contribution in [0.2, 0.25) is 0 Å². The fourth-order valence-corrected chi connectivity index (χ4v) is 2.26. The lowest BCUT2D eigenvalue weighted by Gasteiger charge is -2.33. The molecule has 0 aliphatic heterocycles. The molecule has 164 valence electrons. The number of aromatic nitrogens is 4. The molecular weight excluding hydrogens is 400 g/mol. The molecule has 30 heavy (non-hydrogen) atoms. The van der Waals surface area contributed by atoms with Gasteiger partial charge < -0.3 is 14.6 Å². The molecule has 0 aliphatic carbocycles. The second-order valence-electron chi connectivity index (χ2n) is 8.30. The van der Waals surface area contributed by atoms with Crippen molar-refractivity contribution in [3.8, 4) is 11.3 Å². The van der Waals surface area contributed by atoms with Crippen molar-refractivity contribution in [2.45, 2.75) is 65.6 Å². The van der Waals surface area contributed by atoms with E-state index in [0.29, 0.717) is 10.5 Å². The highest BCUT2D eigenvalue weighted by Crippen LogP contribution is 2.31. The Hall–Kier alpha value is -2.79. The van der Waals surface area contributed by atoms with Crippen LogP contribution in [0.3, 0.4) is 0 Å². The standard InChI is InChI=1S/C19H25F2N5O4/c1-18(2,3)29-16(27)26(17(28)30-19(4,5)6)15-13(14(20)21)25-12(9-24-15)11-7-22-10-23-8-11/h7-10,14,16,27H,1-6H3. The summed E-state index contributed by atoms with van der Waals surface area (Å²) in [5, 5.41) is 10.5. The summed E-state index contributed by atoms with van der Waals surface area (Å²) in [4.78, 5) is 28.8. The van der Waals surface area contributed by atoms with Gasteiger partial charge in [0.15, 0.2) is 11.5 Å². The highest BCUT2D eigenvalue weighted by Gasteiger charge is 2.36. The van der Waals surface area contributed by atoms with Crippen LogP contribution in [0, 0.1) is 0 Å². The summed E-state index contributed by atoms with van der Waals surface area (Å²) in [5.41, 5.74) is -2.27. The molecule has 1 atom stereocenters. The van der Waals surface area contributed by atoms with Crippen LogP contribution in [-0.4, -0.2) is 48.8 Å². The van der Waals surface area contributed by atoms with Crippen molar-refractivity contribution >= 4 is 11.9 Å². The molecule has 1 N–H and O–H groups in total. The molecule has 0 saturated heterocycles. The summed E-state index contributed by atoms with van der Waals surface area (Å²) in [7, 11) is 0. The lowest BCUT2D eigenvalue weighted by atomic mass is 10.2. The van der Waals surface area contributed by atoms with Gasteiger partial charge in [-0.2, -0.15) is 0 Å². The van der Waals surface area contributed by atoms with E-state index in [2.05, 4.69) is 19.9 Å². The van der Waals surface area contributed by atoms with E-state index in [1.54, 1.807) is 41.5 Å². The number of hydrogen-bond acceptors (Lipinski definition) is 8. The molecule has 0 bridgehead atoms. The Bertz CT molecular complexity index is 869. The van der Waals surface area contributed by atoms with E-state index in [-0.39, 0.29) is 5.69 Å². The molecule has 11 heteroatoms. The average Bonchev–Trinajstić information content (AvgIpc) is 2.59. The number of alkyl halides is 2. The van der Waals surface area contributed by atoms with E-state index in [0.717, 1.165) is 0 Å². The summed E-state index contributed by atoms with van der Waals surface area (Å²) >= 11 is 0. The van der Waals surface area contributed by atoms with Gasteiger partial charge in [-0.3, -0.25) is 0 Å². The van der Waals surface area contributed by atoms with Crippen LogP contribution in [0.5, 0.6) is 0 Å². The molecule has 2 heterocycles. The van der Waals surface area contributed by atoms with Gasteiger partial charge in [-0.1, -0.05) is 0 Å². The minimum absolute atomic E-state index is 0.0741. The molecule has 2 aromatic heterocycles. The van der Waals surface area contributed by atoms with Gasteiger partial charge in [0, 0.05) is 18.0 Å².